The second kappa shape index (κ2) is 11.1. The number of carbonyl (C=O) groups is 2. The van der Waals surface area contributed by atoms with Gasteiger partial charge in [-0.15, -0.1) is 0 Å². The van der Waals surface area contributed by atoms with Crippen molar-refractivity contribution in [3.8, 4) is 0 Å². The summed E-state index contributed by atoms with van der Waals surface area (Å²) in [4.78, 5) is 23.6. The highest BCUT2D eigenvalue weighted by atomic mass is 32.2. The molecule has 0 aliphatic heterocycles. The van der Waals surface area contributed by atoms with Gasteiger partial charge in [-0.1, -0.05) is 35.4 Å². The number of aryl methyl sites for hydroxylation is 2. The second-order valence-electron chi connectivity index (χ2n) is 6.93. The van der Waals surface area contributed by atoms with Crippen LogP contribution in [-0.4, -0.2) is 53.5 Å². The fraction of sp³-hybridized carbons (Fsp3) is 0.273. The summed E-state index contributed by atoms with van der Waals surface area (Å²) in [5.74, 6) is -2.66. The molecule has 0 aromatic heterocycles. The Labute approximate surface area is 187 Å². The van der Waals surface area contributed by atoms with Gasteiger partial charge in [-0.3, -0.25) is 0 Å². The van der Waals surface area contributed by atoms with Gasteiger partial charge in [0, 0.05) is 12.2 Å². The Hall–Kier alpha value is -2.98. The number of carbonyl (C=O) groups excluding carboxylic acids is 2. The van der Waals surface area contributed by atoms with Crippen molar-refractivity contribution in [3.05, 3.63) is 71.8 Å². The minimum absolute atomic E-state index is 0.124. The van der Waals surface area contributed by atoms with Gasteiger partial charge in [0.2, 0.25) is 0 Å². The van der Waals surface area contributed by atoms with Crippen LogP contribution >= 0.6 is 0 Å². The van der Waals surface area contributed by atoms with E-state index >= 15 is 0 Å². The maximum atomic E-state index is 12.2. The van der Waals surface area contributed by atoms with Crippen LogP contribution in [0.1, 0.15) is 11.1 Å². The molecular weight excluding hydrogens is 456 g/mol. The Balaban J connectivity index is 1.74. The second-order valence-corrected chi connectivity index (χ2v) is 11.2. The van der Waals surface area contributed by atoms with E-state index in [0.717, 1.165) is 23.3 Å². The van der Waals surface area contributed by atoms with E-state index < -0.39 is 43.1 Å². The van der Waals surface area contributed by atoms with Gasteiger partial charge < -0.3 is 9.47 Å². The highest BCUT2D eigenvalue weighted by Crippen LogP contribution is 2.13. The first-order valence-corrected chi connectivity index (χ1v) is 12.9. The van der Waals surface area contributed by atoms with E-state index in [0.29, 0.717) is 0 Å². The first-order chi connectivity index (χ1) is 15.0. The molecular formula is C22H24O8S2. The van der Waals surface area contributed by atoms with Gasteiger partial charge in [0.05, 0.1) is 21.3 Å². The van der Waals surface area contributed by atoms with Crippen molar-refractivity contribution in [1.29, 1.82) is 0 Å². The SMILES string of the molecule is Cc1ccc(S(=O)(=O)CCOC(=O)C=CC(=O)OCCS(=O)(=O)c2ccc(C)cc2)cc1. The maximum absolute atomic E-state index is 12.2. The van der Waals surface area contributed by atoms with Crippen LogP contribution < -0.4 is 0 Å². The van der Waals surface area contributed by atoms with Crippen LogP contribution in [0, 0.1) is 13.8 Å². The Kier molecular flexibility index (Phi) is 8.73. The van der Waals surface area contributed by atoms with Crippen LogP contribution in [0.4, 0.5) is 0 Å². The van der Waals surface area contributed by atoms with E-state index in [9.17, 15) is 26.4 Å². The maximum Gasteiger partial charge on any atom is 0.331 e. The molecule has 0 heterocycles. The molecule has 8 nitrogen and oxygen atoms in total. The number of sulfone groups is 2. The lowest BCUT2D eigenvalue weighted by Crippen LogP contribution is -2.16. The third kappa shape index (κ3) is 7.93. The zero-order chi connectivity index (χ0) is 23.8. The van der Waals surface area contributed by atoms with Crippen LogP contribution in [0.15, 0.2) is 70.5 Å². The van der Waals surface area contributed by atoms with Gasteiger partial charge in [-0.05, 0) is 38.1 Å². The molecule has 0 saturated heterocycles. The number of esters is 2. The summed E-state index contributed by atoms with van der Waals surface area (Å²) >= 11 is 0. The molecule has 0 saturated carbocycles. The van der Waals surface area contributed by atoms with Crippen molar-refractivity contribution in [3.63, 3.8) is 0 Å². The zero-order valence-corrected chi connectivity index (χ0v) is 19.3. The van der Waals surface area contributed by atoms with Gasteiger partial charge in [0.1, 0.15) is 13.2 Å². The summed E-state index contributed by atoms with van der Waals surface area (Å²) in [6.07, 6.45) is 1.57. The summed E-state index contributed by atoms with van der Waals surface area (Å²) in [6, 6.07) is 12.6. The normalized spacial score (nSPS) is 11.9. The number of hydrogen-bond acceptors (Lipinski definition) is 8. The first-order valence-electron chi connectivity index (χ1n) is 9.60. The molecule has 0 radical (unpaired) electrons. The lowest BCUT2D eigenvalue weighted by atomic mass is 10.2. The Morgan fingerprint density at radius 1 is 0.656 bits per heavy atom. The molecule has 0 N–H and O–H groups in total. The summed E-state index contributed by atoms with van der Waals surface area (Å²) < 4.78 is 58.3. The molecule has 0 aliphatic rings. The first kappa shape index (κ1) is 25.3. The fourth-order valence-corrected chi connectivity index (χ4v) is 4.64. The van der Waals surface area contributed by atoms with Crippen LogP contribution in [0.25, 0.3) is 0 Å². The van der Waals surface area contributed by atoms with Crippen LogP contribution in [0.3, 0.4) is 0 Å². The Morgan fingerprint density at radius 2 is 0.969 bits per heavy atom. The minimum Gasteiger partial charge on any atom is -0.461 e. The summed E-state index contributed by atoms with van der Waals surface area (Å²) in [7, 11) is -7.21. The van der Waals surface area contributed by atoms with Crippen molar-refractivity contribution in [2.24, 2.45) is 0 Å². The average Bonchev–Trinajstić information content (AvgIpc) is 2.72. The molecule has 0 spiro atoms. The fourth-order valence-electron chi connectivity index (χ4n) is 2.46. The smallest absolute Gasteiger partial charge is 0.331 e. The molecule has 0 bridgehead atoms. The zero-order valence-electron chi connectivity index (χ0n) is 17.7. The molecule has 10 heteroatoms. The van der Waals surface area contributed by atoms with Crippen molar-refractivity contribution in [2.45, 2.75) is 23.6 Å². The van der Waals surface area contributed by atoms with E-state index in [1.807, 2.05) is 13.8 Å². The van der Waals surface area contributed by atoms with Crippen molar-refractivity contribution in [2.75, 3.05) is 24.7 Å². The lowest BCUT2D eigenvalue weighted by molar-refractivity contribution is -0.139. The van der Waals surface area contributed by atoms with Crippen molar-refractivity contribution >= 4 is 31.6 Å². The van der Waals surface area contributed by atoms with E-state index in [1.54, 1.807) is 24.3 Å². The summed E-state index contributed by atoms with van der Waals surface area (Å²) in [5, 5.41) is 0. The summed E-state index contributed by atoms with van der Waals surface area (Å²) in [6.45, 7) is 2.89. The van der Waals surface area contributed by atoms with Crippen LogP contribution in [-0.2, 0) is 38.7 Å². The minimum atomic E-state index is -3.61. The number of hydrogen-bond donors (Lipinski definition) is 0. The Morgan fingerprint density at radius 3 is 1.28 bits per heavy atom. The molecule has 0 atom stereocenters. The third-order valence-corrected chi connectivity index (χ3v) is 7.70. The van der Waals surface area contributed by atoms with Gasteiger partial charge in [0.15, 0.2) is 19.7 Å². The summed E-state index contributed by atoms with van der Waals surface area (Å²) in [5.41, 5.74) is 1.83. The molecule has 172 valence electrons. The topological polar surface area (TPSA) is 121 Å². The largest absolute Gasteiger partial charge is 0.461 e. The molecule has 0 aliphatic carbocycles. The third-order valence-electron chi connectivity index (χ3n) is 4.31. The van der Waals surface area contributed by atoms with Gasteiger partial charge >= 0.3 is 11.9 Å². The molecule has 2 rings (SSSR count). The lowest BCUT2D eigenvalue weighted by Gasteiger charge is -2.06. The molecule has 0 fully saturated rings. The predicted molar refractivity (Wildman–Crippen MR) is 118 cm³/mol. The molecule has 0 amide bonds. The number of rotatable bonds is 10. The quantitative estimate of drug-likeness (QED) is 0.375. The van der Waals surface area contributed by atoms with E-state index in [1.165, 1.54) is 24.3 Å². The van der Waals surface area contributed by atoms with Crippen LogP contribution in [0.5, 0.6) is 0 Å². The monoisotopic (exact) mass is 480 g/mol. The molecule has 2 aromatic rings. The highest BCUT2D eigenvalue weighted by molar-refractivity contribution is 7.91. The predicted octanol–water partition coefficient (Wildman–Crippen LogP) is 2.19. The average molecular weight is 481 g/mol. The molecule has 2 aromatic carbocycles. The van der Waals surface area contributed by atoms with Gasteiger partial charge in [0.25, 0.3) is 0 Å². The van der Waals surface area contributed by atoms with E-state index in [4.69, 9.17) is 9.47 Å². The number of ether oxygens (including phenoxy) is 2. The van der Waals surface area contributed by atoms with Crippen LogP contribution in [0.2, 0.25) is 0 Å². The molecule has 32 heavy (non-hydrogen) atoms. The van der Waals surface area contributed by atoms with Crippen molar-refractivity contribution < 1.29 is 35.9 Å². The van der Waals surface area contributed by atoms with E-state index in [2.05, 4.69) is 0 Å². The Bertz CT molecular complexity index is 1080. The van der Waals surface area contributed by atoms with Gasteiger partial charge in [-0.2, -0.15) is 0 Å². The highest BCUT2D eigenvalue weighted by Gasteiger charge is 2.16. The number of benzene rings is 2. The van der Waals surface area contributed by atoms with E-state index in [-0.39, 0.29) is 23.0 Å². The molecule has 0 unspecified atom stereocenters. The van der Waals surface area contributed by atoms with Gasteiger partial charge in [-0.25, -0.2) is 26.4 Å². The standard InChI is InChI=1S/C22H24O8S2/c1-17-3-7-19(8-4-17)31(25,26)15-13-29-21(23)11-12-22(24)30-14-16-32(27,28)20-9-5-18(2)6-10-20/h3-12H,13-16H2,1-2H3. The van der Waals surface area contributed by atoms with Crippen molar-refractivity contribution in [1.82, 2.24) is 0 Å².